The van der Waals surface area contributed by atoms with E-state index < -0.39 is 0 Å². The van der Waals surface area contributed by atoms with Crippen molar-refractivity contribution < 1.29 is 9.53 Å². The number of piperidine rings is 1. The molecule has 2 fully saturated rings. The van der Waals surface area contributed by atoms with Gasteiger partial charge >= 0.3 is 0 Å². The van der Waals surface area contributed by atoms with Crippen molar-refractivity contribution in [1.82, 2.24) is 25.8 Å². The molecular formula is C21H43IN6O2. The third-order valence-electron chi connectivity index (χ3n) is 6.12. The average Bonchev–Trinajstić information content (AvgIpc) is 2.72. The average molecular weight is 539 g/mol. The van der Waals surface area contributed by atoms with Gasteiger partial charge in [0.15, 0.2) is 5.96 Å². The van der Waals surface area contributed by atoms with Crippen molar-refractivity contribution in [3.05, 3.63) is 0 Å². The Labute approximate surface area is 200 Å². The maximum atomic E-state index is 11.9. The molecule has 2 aliphatic rings. The highest BCUT2D eigenvalue weighted by atomic mass is 127. The van der Waals surface area contributed by atoms with Crippen LogP contribution in [-0.2, 0) is 9.53 Å². The van der Waals surface area contributed by atoms with E-state index in [0.717, 1.165) is 84.0 Å². The van der Waals surface area contributed by atoms with Crippen LogP contribution >= 0.6 is 24.0 Å². The minimum atomic E-state index is 0. The molecule has 9 heteroatoms. The third-order valence-corrected chi connectivity index (χ3v) is 6.12. The number of likely N-dealkylation sites (N-methyl/N-ethyl adjacent to an activating group) is 1. The lowest BCUT2D eigenvalue weighted by Crippen LogP contribution is -2.53. The van der Waals surface area contributed by atoms with Crippen LogP contribution in [0.2, 0.25) is 0 Å². The number of hydrogen-bond acceptors (Lipinski definition) is 5. The monoisotopic (exact) mass is 538 g/mol. The molecular weight excluding hydrogens is 495 g/mol. The van der Waals surface area contributed by atoms with Crippen molar-refractivity contribution in [2.45, 2.75) is 57.5 Å². The highest BCUT2D eigenvalue weighted by Crippen LogP contribution is 2.26. The van der Waals surface area contributed by atoms with Gasteiger partial charge in [-0.1, -0.05) is 6.92 Å². The summed E-state index contributed by atoms with van der Waals surface area (Å²) in [6.45, 7) is 10.6. The molecule has 2 rings (SSSR count). The molecule has 3 N–H and O–H groups in total. The number of ether oxygens (including phenoxy) is 1. The molecule has 0 aliphatic carbocycles. The van der Waals surface area contributed by atoms with E-state index in [1.807, 2.05) is 0 Å². The molecule has 0 aromatic heterocycles. The molecule has 30 heavy (non-hydrogen) atoms. The smallest absolute Gasteiger partial charge is 0.234 e. The quantitative estimate of drug-likeness (QED) is 0.233. The van der Waals surface area contributed by atoms with Crippen molar-refractivity contribution in [2.24, 2.45) is 4.99 Å². The fraction of sp³-hybridized carbons (Fsp3) is 0.905. The molecule has 2 aliphatic heterocycles. The molecule has 2 heterocycles. The summed E-state index contributed by atoms with van der Waals surface area (Å²) in [5.74, 6) is 1.04. The summed E-state index contributed by atoms with van der Waals surface area (Å²) < 4.78 is 5.57. The second-order valence-electron chi connectivity index (χ2n) is 8.47. The summed E-state index contributed by atoms with van der Waals surface area (Å²) in [7, 11) is 4.29. The summed E-state index contributed by atoms with van der Waals surface area (Å²) in [4.78, 5) is 21.4. The molecule has 2 saturated heterocycles. The first kappa shape index (κ1) is 27.4. The van der Waals surface area contributed by atoms with Crippen LogP contribution in [0.4, 0.5) is 0 Å². The van der Waals surface area contributed by atoms with Gasteiger partial charge < -0.3 is 25.6 Å². The minimum absolute atomic E-state index is 0. The second-order valence-corrected chi connectivity index (χ2v) is 8.47. The number of likely N-dealkylation sites (tertiary alicyclic amines) is 1. The van der Waals surface area contributed by atoms with Crippen LogP contribution in [-0.4, -0.2) is 99.8 Å². The first-order valence-corrected chi connectivity index (χ1v) is 11.3. The van der Waals surface area contributed by atoms with E-state index in [0.29, 0.717) is 12.6 Å². The van der Waals surface area contributed by atoms with Gasteiger partial charge in [0.2, 0.25) is 5.91 Å². The number of halogens is 1. The van der Waals surface area contributed by atoms with Crippen molar-refractivity contribution in [3.63, 3.8) is 0 Å². The topological polar surface area (TPSA) is 81.2 Å². The fourth-order valence-electron chi connectivity index (χ4n) is 4.00. The van der Waals surface area contributed by atoms with Gasteiger partial charge in [0.1, 0.15) is 0 Å². The number of nitrogens with zero attached hydrogens (tertiary/aromatic N) is 3. The van der Waals surface area contributed by atoms with E-state index >= 15 is 0 Å². The number of hydrogen-bond donors (Lipinski definition) is 3. The molecule has 0 aromatic rings. The zero-order valence-electron chi connectivity index (χ0n) is 19.3. The molecule has 0 radical (unpaired) electrons. The summed E-state index contributed by atoms with van der Waals surface area (Å²) in [6.07, 6.45) is 5.06. The summed E-state index contributed by atoms with van der Waals surface area (Å²) in [5, 5.41) is 9.99. The van der Waals surface area contributed by atoms with E-state index in [4.69, 9.17) is 9.73 Å². The number of amides is 1. The largest absolute Gasteiger partial charge is 0.381 e. The normalized spacial score (nSPS) is 20.5. The van der Waals surface area contributed by atoms with E-state index in [9.17, 15) is 4.79 Å². The van der Waals surface area contributed by atoms with E-state index in [2.05, 4.69) is 53.7 Å². The van der Waals surface area contributed by atoms with Crippen LogP contribution in [0.15, 0.2) is 4.99 Å². The lowest BCUT2D eigenvalue weighted by atomic mass is 9.89. The van der Waals surface area contributed by atoms with E-state index in [-0.39, 0.29) is 35.4 Å². The first-order valence-electron chi connectivity index (χ1n) is 11.3. The molecule has 0 aromatic carbocycles. The molecule has 176 valence electrons. The predicted molar refractivity (Wildman–Crippen MR) is 134 cm³/mol. The highest BCUT2D eigenvalue weighted by Gasteiger charge is 2.34. The molecule has 8 nitrogen and oxygen atoms in total. The number of guanidine groups is 1. The van der Waals surface area contributed by atoms with Gasteiger partial charge in [0, 0.05) is 51.0 Å². The SMILES string of the molecule is CCCNC(=O)CN1CCC(NC(=NCC2(N(C)C)CCOCC2)NCC)CC1.I. The second kappa shape index (κ2) is 14.4. The van der Waals surface area contributed by atoms with Gasteiger partial charge in [-0.2, -0.15) is 0 Å². The number of carbonyl (C=O) groups is 1. The molecule has 0 unspecified atom stereocenters. The van der Waals surface area contributed by atoms with Crippen LogP contribution in [0.3, 0.4) is 0 Å². The summed E-state index contributed by atoms with van der Waals surface area (Å²) in [6, 6.07) is 0.396. The Morgan fingerprint density at radius 1 is 1.17 bits per heavy atom. The predicted octanol–water partition coefficient (Wildman–Crippen LogP) is 1.26. The number of nitrogens with one attached hydrogen (secondary N) is 3. The maximum absolute atomic E-state index is 11.9. The molecule has 0 bridgehead atoms. The van der Waals surface area contributed by atoms with Crippen LogP contribution in [0.5, 0.6) is 0 Å². The number of rotatable bonds is 9. The zero-order chi connectivity index (χ0) is 21.1. The Morgan fingerprint density at radius 3 is 2.40 bits per heavy atom. The molecule has 0 atom stereocenters. The number of carbonyl (C=O) groups excluding carboxylic acids is 1. The van der Waals surface area contributed by atoms with E-state index in [1.54, 1.807) is 0 Å². The Hall–Kier alpha value is -0.650. The minimum Gasteiger partial charge on any atom is -0.381 e. The lowest BCUT2D eigenvalue weighted by Gasteiger charge is -2.42. The van der Waals surface area contributed by atoms with Crippen LogP contribution in [0.25, 0.3) is 0 Å². The first-order chi connectivity index (χ1) is 14.0. The third kappa shape index (κ3) is 8.84. The summed E-state index contributed by atoms with van der Waals surface area (Å²) in [5.41, 5.74) is 0.0792. The Kier molecular flexibility index (Phi) is 13.2. The Balaban J connectivity index is 0.00000450. The van der Waals surface area contributed by atoms with Crippen molar-refractivity contribution in [3.8, 4) is 0 Å². The van der Waals surface area contributed by atoms with E-state index in [1.165, 1.54) is 0 Å². The Bertz CT molecular complexity index is 518. The maximum Gasteiger partial charge on any atom is 0.234 e. The molecule has 1 amide bonds. The summed E-state index contributed by atoms with van der Waals surface area (Å²) >= 11 is 0. The zero-order valence-corrected chi connectivity index (χ0v) is 21.7. The molecule has 0 spiro atoms. The van der Waals surface area contributed by atoms with Gasteiger partial charge in [-0.3, -0.25) is 14.7 Å². The number of aliphatic imine (C=N–C) groups is 1. The van der Waals surface area contributed by atoms with Gasteiger partial charge in [0.05, 0.1) is 13.1 Å². The van der Waals surface area contributed by atoms with Gasteiger partial charge in [-0.05, 0) is 53.1 Å². The van der Waals surface area contributed by atoms with Crippen molar-refractivity contribution in [1.29, 1.82) is 0 Å². The Morgan fingerprint density at radius 2 is 1.83 bits per heavy atom. The fourth-order valence-corrected chi connectivity index (χ4v) is 4.00. The standard InChI is InChI=1S/C21H42N6O2.HI/c1-5-11-23-19(28)16-27-12-7-18(8-13-27)25-20(22-6-2)24-17-21(26(3)4)9-14-29-15-10-21;/h18H,5-17H2,1-4H3,(H,23,28)(H2,22,24,25);1H. The van der Waals surface area contributed by atoms with Crippen molar-refractivity contribution >= 4 is 35.8 Å². The molecule has 0 saturated carbocycles. The van der Waals surface area contributed by atoms with Gasteiger partial charge in [0.25, 0.3) is 0 Å². The van der Waals surface area contributed by atoms with Gasteiger partial charge in [-0.25, -0.2) is 0 Å². The van der Waals surface area contributed by atoms with Gasteiger partial charge in [-0.15, -0.1) is 24.0 Å². The highest BCUT2D eigenvalue weighted by molar-refractivity contribution is 14.0. The van der Waals surface area contributed by atoms with Crippen LogP contribution in [0, 0.1) is 0 Å². The van der Waals surface area contributed by atoms with Crippen molar-refractivity contribution in [2.75, 3.05) is 66.6 Å². The lowest BCUT2D eigenvalue weighted by molar-refractivity contribution is -0.122. The van der Waals surface area contributed by atoms with Crippen LogP contribution < -0.4 is 16.0 Å². The van der Waals surface area contributed by atoms with Crippen LogP contribution in [0.1, 0.15) is 46.0 Å².